The van der Waals surface area contributed by atoms with Crippen LogP contribution in [0.1, 0.15) is 25.0 Å². The topological polar surface area (TPSA) is 23.5 Å². The third kappa shape index (κ3) is 3.46. The summed E-state index contributed by atoms with van der Waals surface area (Å²) in [6.07, 6.45) is 3.43. The molecule has 0 aromatic heterocycles. The fourth-order valence-electron chi connectivity index (χ4n) is 1.51. The number of hydrogen-bond acceptors (Lipinski definition) is 2. The van der Waals surface area contributed by atoms with Gasteiger partial charge in [-0.05, 0) is 42.7 Å². The predicted molar refractivity (Wildman–Crippen MR) is 76.2 cm³/mol. The highest BCUT2D eigenvalue weighted by molar-refractivity contribution is 5.70. The SMILES string of the molecule is C=Cc1cc(N(C)C)ccc1/C=C(\C)C(C)O. The minimum atomic E-state index is -0.416. The zero-order valence-corrected chi connectivity index (χ0v) is 11.1. The molecular weight excluding hydrogens is 210 g/mol. The highest BCUT2D eigenvalue weighted by Crippen LogP contribution is 2.21. The Morgan fingerprint density at radius 1 is 1.35 bits per heavy atom. The van der Waals surface area contributed by atoms with E-state index in [4.69, 9.17) is 0 Å². The first-order valence-corrected chi connectivity index (χ1v) is 5.75. The summed E-state index contributed by atoms with van der Waals surface area (Å²) >= 11 is 0. The first kappa shape index (κ1) is 13.5. The third-order valence-corrected chi connectivity index (χ3v) is 2.85. The first-order valence-electron chi connectivity index (χ1n) is 5.75. The fraction of sp³-hybridized carbons (Fsp3) is 0.333. The van der Waals surface area contributed by atoms with Gasteiger partial charge in [-0.15, -0.1) is 0 Å². The maximum absolute atomic E-state index is 9.49. The maximum atomic E-state index is 9.49. The molecule has 92 valence electrons. The van der Waals surface area contributed by atoms with Crippen LogP contribution in [0.2, 0.25) is 0 Å². The molecule has 0 aliphatic heterocycles. The van der Waals surface area contributed by atoms with E-state index in [9.17, 15) is 5.11 Å². The lowest BCUT2D eigenvalue weighted by molar-refractivity contribution is 0.232. The Morgan fingerprint density at radius 3 is 2.47 bits per heavy atom. The molecule has 2 nitrogen and oxygen atoms in total. The Morgan fingerprint density at radius 2 is 2.00 bits per heavy atom. The Hall–Kier alpha value is -1.54. The number of nitrogens with zero attached hydrogens (tertiary/aromatic N) is 1. The van der Waals surface area contributed by atoms with Gasteiger partial charge in [-0.2, -0.15) is 0 Å². The van der Waals surface area contributed by atoms with Gasteiger partial charge in [0.05, 0.1) is 6.10 Å². The second-order valence-corrected chi connectivity index (χ2v) is 4.48. The van der Waals surface area contributed by atoms with Gasteiger partial charge in [-0.3, -0.25) is 0 Å². The Bertz CT molecular complexity index is 431. The van der Waals surface area contributed by atoms with Crippen molar-refractivity contribution in [2.45, 2.75) is 20.0 Å². The molecule has 0 spiro atoms. The van der Waals surface area contributed by atoms with Crippen LogP contribution >= 0.6 is 0 Å². The normalized spacial score (nSPS) is 13.4. The summed E-state index contributed by atoms with van der Waals surface area (Å²) in [5.74, 6) is 0. The van der Waals surface area contributed by atoms with Crippen LogP contribution in [0.5, 0.6) is 0 Å². The second kappa shape index (κ2) is 5.69. The average Bonchev–Trinajstić information content (AvgIpc) is 2.28. The van der Waals surface area contributed by atoms with Crippen molar-refractivity contribution in [1.82, 2.24) is 0 Å². The summed E-state index contributed by atoms with van der Waals surface area (Å²) in [4.78, 5) is 2.06. The van der Waals surface area contributed by atoms with E-state index in [1.54, 1.807) is 6.92 Å². The highest BCUT2D eigenvalue weighted by atomic mass is 16.3. The van der Waals surface area contributed by atoms with Crippen LogP contribution in [-0.2, 0) is 0 Å². The van der Waals surface area contributed by atoms with E-state index in [1.807, 2.05) is 33.2 Å². The molecular formula is C15H21NO. The monoisotopic (exact) mass is 231 g/mol. The quantitative estimate of drug-likeness (QED) is 0.860. The smallest absolute Gasteiger partial charge is 0.0722 e. The molecule has 0 radical (unpaired) electrons. The van der Waals surface area contributed by atoms with Crippen molar-refractivity contribution in [3.63, 3.8) is 0 Å². The number of aliphatic hydroxyl groups is 1. The van der Waals surface area contributed by atoms with Crippen LogP contribution < -0.4 is 4.90 Å². The molecule has 1 unspecified atom stereocenters. The number of rotatable bonds is 4. The van der Waals surface area contributed by atoms with Gasteiger partial charge < -0.3 is 10.0 Å². The van der Waals surface area contributed by atoms with E-state index >= 15 is 0 Å². The zero-order chi connectivity index (χ0) is 13.0. The summed E-state index contributed by atoms with van der Waals surface area (Å²) in [6.45, 7) is 7.53. The van der Waals surface area contributed by atoms with E-state index < -0.39 is 6.10 Å². The van der Waals surface area contributed by atoms with Crippen LogP contribution in [0.25, 0.3) is 12.2 Å². The van der Waals surface area contributed by atoms with Crippen molar-refractivity contribution in [2.24, 2.45) is 0 Å². The summed E-state index contributed by atoms with van der Waals surface area (Å²) in [5.41, 5.74) is 4.26. The van der Waals surface area contributed by atoms with E-state index in [0.717, 1.165) is 22.4 Å². The second-order valence-electron chi connectivity index (χ2n) is 4.48. The van der Waals surface area contributed by atoms with Crippen molar-refractivity contribution in [2.75, 3.05) is 19.0 Å². The molecule has 1 N–H and O–H groups in total. The first-order chi connectivity index (χ1) is 7.95. The van der Waals surface area contributed by atoms with Crippen LogP contribution in [0, 0.1) is 0 Å². The number of aliphatic hydroxyl groups excluding tert-OH is 1. The summed E-state index contributed by atoms with van der Waals surface area (Å²) in [7, 11) is 4.03. The molecule has 2 heteroatoms. The molecule has 0 aliphatic carbocycles. The third-order valence-electron chi connectivity index (χ3n) is 2.85. The van der Waals surface area contributed by atoms with E-state index in [1.165, 1.54) is 0 Å². The van der Waals surface area contributed by atoms with E-state index in [-0.39, 0.29) is 0 Å². The van der Waals surface area contributed by atoms with E-state index in [0.29, 0.717) is 0 Å². The lowest BCUT2D eigenvalue weighted by atomic mass is 10.0. The van der Waals surface area contributed by atoms with E-state index in [2.05, 4.69) is 29.7 Å². The van der Waals surface area contributed by atoms with Crippen molar-refractivity contribution >= 4 is 17.8 Å². The predicted octanol–water partition coefficient (Wildman–Crippen LogP) is 3.18. The van der Waals surface area contributed by atoms with Gasteiger partial charge in [0.2, 0.25) is 0 Å². The molecule has 0 fully saturated rings. The number of hydrogen-bond donors (Lipinski definition) is 1. The summed E-state index contributed by atoms with van der Waals surface area (Å²) in [6, 6.07) is 6.21. The van der Waals surface area contributed by atoms with Gasteiger partial charge in [0.1, 0.15) is 0 Å². The van der Waals surface area contributed by atoms with Crippen molar-refractivity contribution in [3.05, 3.63) is 41.5 Å². The van der Waals surface area contributed by atoms with Gasteiger partial charge in [0.25, 0.3) is 0 Å². The molecule has 0 aliphatic rings. The number of anilines is 1. The zero-order valence-electron chi connectivity index (χ0n) is 11.1. The van der Waals surface area contributed by atoms with Gasteiger partial charge in [0, 0.05) is 19.8 Å². The van der Waals surface area contributed by atoms with Crippen LogP contribution in [0.15, 0.2) is 30.4 Å². The van der Waals surface area contributed by atoms with Gasteiger partial charge >= 0.3 is 0 Å². The molecule has 1 aromatic rings. The van der Waals surface area contributed by atoms with Crippen LogP contribution in [0.3, 0.4) is 0 Å². The molecule has 0 bridgehead atoms. The Balaban J connectivity index is 3.18. The molecule has 0 saturated carbocycles. The minimum Gasteiger partial charge on any atom is -0.389 e. The largest absolute Gasteiger partial charge is 0.389 e. The van der Waals surface area contributed by atoms with Gasteiger partial charge in [-0.25, -0.2) is 0 Å². The Kier molecular flexibility index (Phi) is 4.53. The molecule has 1 aromatic carbocycles. The summed E-state index contributed by atoms with van der Waals surface area (Å²) < 4.78 is 0. The molecule has 0 amide bonds. The van der Waals surface area contributed by atoms with Gasteiger partial charge in [0.15, 0.2) is 0 Å². The molecule has 0 saturated heterocycles. The van der Waals surface area contributed by atoms with Crippen molar-refractivity contribution < 1.29 is 5.11 Å². The maximum Gasteiger partial charge on any atom is 0.0722 e. The standard InChI is InChI=1S/C15H21NO/c1-6-13-10-15(16(4)5)8-7-14(13)9-11(2)12(3)17/h6-10,12,17H,1H2,2-5H3/b11-9+. The molecule has 0 heterocycles. The highest BCUT2D eigenvalue weighted by Gasteiger charge is 2.03. The van der Waals surface area contributed by atoms with Crippen LogP contribution in [-0.4, -0.2) is 25.3 Å². The summed E-state index contributed by atoms with van der Waals surface area (Å²) in [5, 5.41) is 9.49. The van der Waals surface area contributed by atoms with Crippen LogP contribution in [0.4, 0.5) is 5.69 Å². The minimum absolute atomic E-state index is 0.416. The average molecular weight is 231 g/mol. The van der Waals surface area contributed by atoms with Crippen molar-refractivity contribution in [3.8, 4) is 0 Å². The fourth-order valence-corrected chi connectivity index (χ4v) is 1.51. The molecule has 17 heavy (non-hydrogen) atoms. The lowest BCUT2D eigenvalue weighted by Crippen LogP contribution is -2.08. The molecule has 1 rings (SSSR count). The molecule has 1 atom stereocenters. The van der Waals surface area contributed by atoms with Crippen molar-refractivity contribution in [1.29, 1.82) is 0 Å². The number of benzene rings is 1. The lowest BCUT2D eigenvalue weighted by Gasteiger charge is -2.14. The van der Waals surface area contributed by atoms with Gasteiger partial charge in [-0.1, -0.05) is 24.8 Å². The Labute approximate surface area is 104 Å².